The summed E-state index contributed by atoms with van der Waals surface area (Å²) in [6, 6.07) is 13.6. The Morgan fingerprint density at radius 2 is 1.78 bits per heavy atom. The van der Waals surface area contributed by atoms with E-state index in [1.807, 2.05) is 34.1 Å². The molecule has 0 aromatic heterocycles. The van der Waals surface area contributed by atoms with Crippen molar-refractivity contribution in [3.05, 3.63) is 59.9 Å². The highest BCUT2D eigenvalue weighted by atomic mass is 32.2. The molecule has 3 aliphatic heterocycles. The third kappa shape index (κ3) is 3.77. The first-order valence-corrected chi connectivity index (χ1v) is 11.5. The van der Waals surface area contributed by atoms with Crippen molar-refractivity contribution < 1.29 is 14.0 Å². The second-order valence-corrected chi connectivity index (χ2v) is 8.81. The molecule has 32 heavy (non-hydrogen) atoms. The molecule has 7 nitrogen and oxygen atoms in total. The maximum Gasteiger partial charge on any atom is 0.270 e. The molecule has 164 valence electrons. The molecule has 2 amide bonds. The van der Waals surface area contributed by atoms with E-state index in [2.05, 4.69) is 9.89 Å². The van der Waals surface area contributed by atoms with Gasteiger partial charge < -0.3 is 9.80 Å². The van der Waals surface area contributed by atoms with Gasteiger partial charge in [0.1, 0.15) is 17.7 Å². The van der Waals surface area contributed by atoms with E-state index in [0.29, 0.717) is 37.2 Å². The SMILES string of the molecule is CC1C(=O)N=C2c3ccccc3N=C(SCC(=O)N3CCN(c4ccc(F)cc4)CC3)N21. The second-order valence-electron chi connectivity index (χ2n) is 7.86. The summed E-state index contributed by atoms with van der Waals surface area (Å²) in [5.74, 6) is 0.425. The van der Waals surface area contributed by atoms with Crippen molar-refractivity contribution in [2.24, 2.45) is 9.98 Å². The zero-order chi connectivity index (χ0) is 22.2. The molecule has 1 atom stereocenters. The van der Waals surface area contributed by atoms with E-state index in [1.54, 1.807) is 19.1 Å². The van der Waals surface area contributed by atoms with Crippen LogP contribution >= 0.6 is 11.8 Å². The normalized spacial score (nSPS) is 20.0. The summed E-state index contributed by atoms with van der Waals surface area (Å²) in [4.78, 5) is 39.9. The topological polar surface area (TPSA) is 68.6 Å². The van der Waals surface area contributed by atoms with Crippen LogP contribution in [0.15, 0.2) is 58.5 Å². The quantitative estimate of drug-likeness (QED) is 0.718. The van der Waals surface area contributed by atoms with Crippen LogP contribution in [-0.2, 0) is 9.59 Å². The summed E-state index contributed by atoms with van der Waals surface area (Å²) in [5, 5.41) is 0.624. The maximum absolute atomic E-state index is 13.2. The molecule has 1 fully saturated rings. The maximum atomic E-state index is 13.2. The van der Waals surface area contributed by atoms with Crippen LogP contribution < -0.4 is 4.90 Å². The number of carbonyl (C=O) groups excluding carboxylic acids is 2. The van der Waals surface area contributed by atoms with E-state index in [9.17, 15) is 14.0 Å². The van der Waals surface area contributed by atoms with Crippen molar-refractivity contribution >= 4 is 46.0 Å². The van der Waals surface area contributed by atoms with Crippen LogP contribution in [-0.4, -0.2) is 70.6 Å². The molecule has 3 aliphatic rings. The minimum absolute atomic E-state index is 0.0342. The molecule has 3 heterocycles. The zero-order valence-electron chi connectivity index (χ0n) is 17.6. The fraction of sp³-hybridized carbons (Fsp3) is 0.304. The number of benzene rings is 2. The van der Waals surface area contributed by atoms with Crippen LogP contribution in [0.5, 0.6) is 0 Å². The Bertz CT molecular complexity index is 1130. The Morgan fingerprint density at radius 3 is 2.53 bits per heavy atom. The van der Waals surface area contributed by atoms with Gasteiger partial charge in [0.05, 0.1) is 11.4 Å². The van der Waals surface area contributed by atoms with Crippen molar-refractivity contribution in [3.8, 4) is 0 Å². The van der Waals surface area contributed by atoms with Gasteiger partial charge in [0.2, 0.25) is 5.91 Å². The molecule has 1 saturated heterocycles. The van der Waals surface area contributed by atoms with E-state index in [4.69, 9.17) is 4.99 Å². The van der Waals surface area contributed by atoms with Crippen LogP contribution in [0.2, 0.25) is 0 Å². The Morgan fingerprint density at radius 1 is 1.06 bits per heavy atom. The molecule has 1 unspecified atom stereocenters. The molecule has 0 spiro atoms. The Labute approximate surface area is 189 Å². The van der Waals surface area contributed by atoms with Gasteiger partial charge in [-0.15, -0.1) is 0 Å². The molecule has 0 aliphatic carbocycles. The molecule has 0 saturated carbocycles. The number of hydrogen-bond acceptors (Lipinski definition) is 6. The summed E-state index contributed by atoms with van der Waals surface area (Å²) in [6.07, 6.45) is 0. The lowest BCUT2D eigenvalue weighted by molar-refractivity contribution is -0.128. The number of thioether (sulfide) groups is 1. The number of para-hydroxylation sites is 1. The molecule has 0 N–H and O–H groups in total. The van der Waals surface area contributed by atoms with Crippen molar-refractivity contribution in [3.63, 3.8) is 0 Å². The first-order valence-electron chi connectivity index (χ1n) is 10.5. The van der Waals surface area contributed by atoms with Crippen LogP contribution in [0.4, 0.5) is 15.8 Å². The number of amidine groups is 2. The molecule has 5 rings (SSSR count). The number of hydrogen-bond donors (Lipinski definition) is 0. The molecule has 2 aromatic rings. The Hall–Kier alpha value is -3.20. The fourth-order valence-electron chi connectivity index (χ4n) is 4.09. The lowest BCUT2D eigenvalue weighted by Gasteiger charge is -2.36. The Balaban J connectivity index is 1.23. The van der Waals surface area contributed by atoms with Crippen LogP contribution in [0.25, 0.3) is 0 Å². The number of carbonyl (C=O) groups is 2. The highest BCUT2D eigenvalue weighted by Gasteiger charge is 2.39. The summed E-state index contributed by atoms with van der Waals surface area (Å²) in [6.45, 7) is 4.42. The number of piperazine rings is 1. The lowest BCUT2D eigenvalue weighted by Crippen LogP contribution is -2.49. The fourth-order valence-corrected chi connectivity index (χ4v) is 5.08. The van der Waals surface area contributed by atoms with Gasteiger partial charge in [-0.05, 0) is 43.3 Å². The van der Waals surface area contributed by atoms with Crippen molar-refractivity contribution in [2.75, 3.05) is 36.8 Å². The van der Waals surface area contributed by atoms with Crippen LogP contribution in [0.3, 0.4) is 0 Å². The molecular weight excluding hydrogens is 429 g/mol. The summed E-state index contributed by atoms with van der Waals surface area (Å²) in [5.41, 5.74) is 2.55. The molecule has 0 bridgehead atoms. The van der Waals surface area contributed by atoms with Crippen LogP contribution in [0, 0.1) is 5.82 Å². The average molecular weight is 452 g/mol. The summed E-state index contributed by atoms with van der Waals surface area (Å²) < 4.78 is 13.2. The smallest absolute Gasteiger partial charge is 0.270 e. The summed E-state index contributed by atoms with van der Waals surface area (Å²) >= 11 is 1.34. The van der Waals surface area contributed by atoms with Gasteiger partial charge in [0, 0.05) is 37.4 Å². The highest BCUT2D eigenvalue weighted by Crippen LogP contribution is 2.34. The number of rotatable bonds is 3. The predicted molar refractivity (Wildman–Crippen MR) is 124 cm³/mol. The van der Waals surface area contributed by atoms with Gasteiger partial charge >= 0.3 is 0 Å². The first-order chi connectivity index (χ1) is 15.5. The minimum Gasteiger partial charge on any atom is -0.368 e. The average Bonchev–Trinajstić information content (AvgIpc) is 3.12. The highest BCUT2D eigenvalue weighted by molar-refractivity contribution is 8.14. The van der Waals surface area contributed by atoms with E-state index in [0.717, 1.165) is 16.9 Å². The number of halogens is 1. The van der Waals surface area contributed by atoms with Gasteiger partial charge in [-0.1, -0.05) is 23.9 Å². The van der Waals surface area contributed by atoms with E-state index >= 15 is 0 Å². The molecular formula is C23H22FN5O2S. The number of fused-ring (bicyclic) bond motifs is 3. The molecule has 0 radical (unpaired) electrons. The van der Waals surface area contributed by atoms with Gasteiger partial charge in [-0.2, -0.15) is 4.99 Å². The number of aliphatic imine (C=N–C) groups is 2. The molecule has 9 heteroatoms. The molecule has 2 aromatic carbocycles. The van der Waals surface area contributed by atoms with E-state index in [-0.39, 0.29) is 23.4 Å². The van der Waals surface area contributed by atoms with Gasteiger partial charge in [-0.25, -0.2) is 9.38 Å². The monoisotopic (exact) mass is 451 g/mol. The predicted octanol–water partition coefficient (Wildman–Crippen LogP) is 2.89. The van der Waals surface area contributed by atoms with Gasteiger partial charge in [0.15, 0.2) is 5.17 Å². The third-order valence-electron chi connectivity index (χ3n) is 5.90. The lowest BCUT2D eigenvalue weighted by atomic mass is 10.1. The zero-order valence-corrected chi connectivity index (χ0v) is 18.4. The van der Waals surface area contributed by atoms with Crippen molar-refractivity contribution in [1.29, 1.82) is 0 Å². The van der Waals surface area contributed by atoms with Gasteiger partial charge in [0.25, 0.3) is 5.91 Å². The largest absolute Gasteiger partial charge is 0.368 e. The first kappa shape index (κ1) is 20.7. The van der Waals surface area contributed by atoms with Crippen molar-refractivity contribution in [1.82, 2.24) is 9.80 Å². The number of nitrogens with zero attached hydrogens (tertiary/aromatic N) is 5. The third-order valence-corrected chi connectivity index (χ3v) is 6.84. The van der Waals surface area contributed by atoms with Gasteiger partial charge in [-0.3, -0.25) is 14.5 Å². The van der Waals surface area contributed by atoms with Crippen molar-refractivity contribution in [2.45, 2.75) is 13.0 Å². The summed E-state index contributed by atoms with van der Waals surface area (Å²) in [7, 11) is 0. The number of anilines is 1. The van der Waals surface area contributed by atoms with E-state index in [1.165, 1.54) is 23.9 Å². The van der Waals surface area contributed by atoms with E-state index < -0.39 is 6.04 Å². The number of amides is 2. The Kier molecular flexibility index (Phi) is 5.42. The van der Waals surface area contributed by atoms with Crippen LogP contribution in [0.1, 0.15) is 12.5 Å². The standard InChI is InChI=1S/C23H22FN5O2S/c1-15-22(31)26-21-18-4-2-3-5-19(18)25-23(29(15)21)32-14-20(30)28-12-10-27(11-13-28)17-8-6-16(24)7-9-17/h2-9,15H,10-14H2,1H3. The second kappa shape index (κ2) is 8.38. The minimum atomic E-state index is -0.432.